The van der Waals surface area contributed by atoms with Crippen molar-refractivity contribution >= 4 is 11.6 Å². The Morgan fingerprint density at radius 2 is 0.947 bits per heavy atom. The lowest BCUT2D eigenvalue weighted by Crippen LogP contribution is -2.13. The van der Waals surface area contributed by atoms with E-state index in [-0.39, 0.29) is 10.8 Å². The summed E-state index contributed by atoms with van der Waals surface area (Å²) in [5.74, 6) is 0.710. The predicted molar refractivity (Wildman–Crippen MR) is 81.2 cm³/mol. The van der Waals surface area contributed by atoms with Gasteiger partial charge in [-0.15, -0.1) is 0 Å². The van der Waals surface area contributed by atoms with Crippen LogP contribution in [-0.4, -0.2) is 11.6 Å². The molecule has 0 aliphatic carbocycles. The smallest absolute Gasteiger partial charge is 0.133 e. The molecule has 0 aliphatic rings. The molecule has 0 amide bonds. The highest BCUT2D eigenvalue weighted by atomic mass is 16.1. The lowest BCUT2D eigenvalue weighted by Gasteiger charge is -2.17. The molecule has 2 heteroatoms. The van der Waals surface area contributed by atoms with Crippen LogP contribution in [0.1, 0.15) is 86.5 Å². The third kappa shape index (κ3) is 13.6. The quantitative estimate of drug-likeness (QED) is 0.584. The molecule has 0 heterocycles. The predicted octanol–water partition coefficient (Wildman–Crippen LogP) is 4.95. The van der Waals surface area contributed by atoms with Crippen LogP contribution < -0.4 is 0 Å². The van der Waals surface area contributed by atoms with Gasteiger partial charge in [-0.25, -0.2) is 0 Å². The molecule has 0 fully saturated rings. The highest BCUT2D eigenvalue weighted by Crippen LogP contribution is 2.22. The van der Waals surface area contributed by atoms with E-state index in [1.165, 1.54) is 0 Å². The fourth-order valence-corrected chi connectivity index (χ4v) is 2.18. The van der Waals surface area contributed by atoms with Gasteiger partial charge in [-0.05, 0) is 23.7 Å². The fraction of sp³-hybridized carbons (Fsp3) is 0.882. The molecule has 0 unspecified atom stereocenters. The topological polar surface area (TPSA) is 34.1 Å². The Morgan fingerprint density at radius 3 is 1.21 bits per heavy atom. The van der Waals surface area contributed by atoms with Crippen LogP contribution in [0.3, 0.4) is 0 Å². The lowest BCUT2D eigenvalue weighted by molar-refractivity contribution is -0.121. The molecule has 0 bridgehead atoms. The van der Waals surface area contributed by atoms with Crippen molar-refractivity contribution in [2.75, 3.05) is 0 Å². The highest BCUT2D eigenvalue weighted by Gasteiger charge is 2.16. The first-order valence-corrected chi connectivity index (χ1v) is 7.53. The summed E-state index contributed by atoms with van der Waals surface area (Å²) in [6, 6.07) is 0. The van der Waals surface area contributed by atoms with Gasteiger partial charge in [0.1, 0.15) is 11.6 Å². The molecular formula is C17H32O2. The van der Waals surface area contributed by atoms with Gasteiger partial charge in [-0.3, -0.25) is 9.59 Å². The molecule has 0 aromatic carbocycles. The Labute approximate surface area is 119 Å². The Kier molecular flexibility index (Phi) is 7.54. The first-order chi connectivity index (χ1) is 8.49. The number of carbonyl (C=O) groups is 2. The Bertz CT molecular complexity index is 259. The molecule has 112 valence electrons. The van der Waals surface area contributed by atoms with E-state index in [2.05, 4.69) is 41.5 Å². The van der Waals surface area contributed by atoms with Crippen LogP contribution in [0, 0.1) is 10.8 Å². The second-order valence-corrected chi connectivity index (χ2v) is 8.11. The molecule has 0 rings (SSSR count). The van der Waals surface area contributed by atoms with E-state index in [4.69, 9.17) is 0 Å². The maximum atomic E-state index is 11.7. The summed E-state index contributed by atoms with van der Waals surface area (Å²) < 4.78 is 0. The van der Waals surface area contributed by atoms with E-state index in [1.54, 1.807) is 0 Å². The minimum Gasteiger partial charge on any atom is -0.300 e. The molecular weight excluding hydrogens is 236 g/mol. The first-order valence-electron chi connectivity index (χ1n) is 7.53. The minimum absolute atomic E-state index is 0.0970. The number of unbranched alkanes of at least 4 members (excludes halogenated alkanes) is 2. The number of ketones is 2. The average Bonchev–Trinajstić information content (AvgIpc) is 2.10. The van der Waals surface area contributed by atoms with Gasteiger partial charge < -0.3 is 0 Å². The van der Waals surface area contributed by atoms with Crippen molar-refractivity contribution in [1.29, 1.82) is 0 Å². The molecule has 0 atom stereocenters. The van der Waals surface area contributed by atoms with Crippen molar-refractivity contribution in [2.24, 2.45) is 10.8 Å². The van der Waals surface area contributed by atoms with Crippen LogP contribution in [0.2, 0.25) is 0 Å². The van der Waals surface area contributed by atoms with E-state index >= 15 is 0 Å². The molecule has 0 radical (unpaired) electrons. The summed E-state index contributed by atoms with van der Waals surface area (Å²) in [5, 5.41) is 0. The van der Waals surface area contributed by atoms with Crippen LogP contribution in [0.15, 0.2) is 0 Å². The normalized spacial score (nSPS) is 12.5. The van der Waals surface area contributed by atoms with Gasteiger partial charge in [0.05, 0.1) is 0 Å². The van der Waals surface area contributed by atoms with Crippen LogP contribution in [0.4, 0.5) is 0 Å². The van der Waals surface area contributed by atoms with Crippen molar-refractivity contribution in [1.82, 2.24) is 0 Å². The number of rotatable bonds is 8. The molecule has 0 aliphatic heterocycles. The Morgan fingerprint density at radius 1 is 0.632 bits per heavy atom. The second-order valence-electron chi connectivity index (χ2n) is 8.11. The lowest BCUT2D eigenvalue weighted by atomic mass is 9.88. The summed E-state index contributed by atoms with van der Waals surface area (Å²) in [7, 11) is 0. The molecule has 0 aromatic rings. The molecule has 0 saturated heterocycles. The van der Waals surface area contributed by atoms with E-state index < -0.39 is 0 Å². The number of Topliss-reactive ketones (excluding diaryl/α,β-unsaturated/α-hetero) is 2. The van der Waals surface area contributed by atoms with Gasteiger partial charge in [0.25, 0.3) is 0 Å². The van der Waals surface area contributed by atoms with Gasteiger partial charge in [0.15, 0.2) is 0 Å². The molecule has 0 spiro atoms. The number of hydrogen-bond donors (Lipinski definition) is 0. The number of hydrogen-bond acceptors (Lipinski definition) is 2. The monoisotopic (exact) mass is 268 g/mol. The van der Waals surface area contributed by atoms with Crippen molar-refractivity contribution in [3.63, 3.8) is 0 Å². The van der Waals surface area contributed by atoms with Gasteiger partial charge in [0.2, 0.25) is 0 Å². The van der Waals surface area contributed by atoms with Crippen molar-refractivity contribution in [3.05, 3.63) is 0 Å². The number of carbonyl (C=O) groups excluding carboxylic acids is 2. The van der Waals surface area contributed by atoms with Gasteiger partial charge in [0, 0.05) is 25.7 Å². The summed E-state index contributed by atoms with van der Waals surface area (Å²) in [6.07, 6.45) is 5.52. The zero-order chi connectivity index (χ0) is 15.1. The zero-order valence-electron chi connectivity index (χ0n) is 13.8. The molecule has 0 saturated carbocycles. The molecule has 19 heavy (non-hydrogen) atoms. The fourth-order valence-electron chi connectivity index (χ4n) is 2.18. The maximum absolute atomic E-state index is 11.7. The summed E-state index contributed by atoms with van der Waals surface area (Å²) in [4.78, 5) is 23.4. The third-order valence-corrected chi connectivity index (χ3v) is 2.87. The SMILES string of the molecule is CC(C)(C)CC(=O)CCCCCC(=O)CC(C)(C)C. The van der Waals surface area contributed by atoms with Crippen LogP contribution in [0.5, 0.6) is 0 Å². The van der Waals surface area contributed by atoms with E-state index in [9.17, 15) is 9.59 Å². The summed E-state index contributed by atoms with van der Waals surface area (Å²) in [5.41, 5.74) is 0.194. The second kappa shape index (κ2) is 7.81. The summed E-state index contributed by atoms with van der Waals surface area (Å²) >= 11 is 0. The van der Waals surface area contributed by atoms with Crippen LogP contribution in [0.25, 0.3) is 0 Å². The van der Waals surface area contributed by atoms with Crippen molar-refractivity contribution < 1.29 is 9.59 Å². The van der Waals surface area contributed by atoms with Crippen molar-refractivity contribution in [3.8, 4) is 0 Å². The Balaban J connectivity index is 3.61. The third-order valence-electron chi connectivity index (χ3n) is 2.87. The minimum atomic E-state index is 0.0970. The molecule has 2 nitrogen and oxygen atoms in total. The highest BCUT2D eigenvalue weighted by molar-refractivity contribution is 5.79. The first kappa shape index (κ1) is 18.3. The summed E-state index contributed by atoms with van der Waals surface area (Å²) in [6.45, 7) is 12.6. The van der Waals surface area contributed by atoms with Crippen LogP contribution >= 0.6 is 0 Å². The van der Waals surface area contributed by atoms with Crippen LogP contribution in [-0.2, 0) is 9.59 Å². The van der Waals surface area contributed by atoms with E-state index in [0.29, 0.717) is 37.2 Å². The van der Waals surface area contributed by atoms with Gasteiger partial charge in [-0.1, -0.05) is 48.0 Å². The van der Waals surface area contributed by atoms with Gasteiger partial charge in [-0.2, -0.15) is 0 Å². The largest absolute Gasteiger partial charge is 0.300 e. The zero-order valence-corrected chi connectivity index (χ0v) is 13.8. The van der Waals surface area contributed by atoms with Crippen molar-refractivity contribution in [2.45, 2.75) is 86.5 Å². The van der Waals surface area contributed by atoms with E-state index in [1.807, 2.05) is 0 Å². The Hall–Kier alpha value is -0.660. The molecule has 0 N–H and O–H groups in total. The molecule has 0 aromatic heterocycles. The average molecular weight is 268 g/mol. The maximum Gasteiger partial charge on any atom is 0.133 e. The van der Waals surface area contributed by atoms with Gasteiger partial charge >= 0.3 is 0 Å². The van der Waals surface area contributed by atoms with E-state index in [0.717, 1.165) is 19.3 Å². The standard InChI is InChI=1S/C17H32O2/c1-16(2,3)12-14(18)10-8-7-9-11-15(19)13-17(4,5)6/h7-13H2,1-6H3.